The highest BCUT2D eigenvalue weighted by Crippen LogP contribution is 2.22. The lowest BCUT2D eigenvalue weighted by Gasteiger charge is -2.09. The van der Waals surface area contributed by atoms with Gasteiger partial charge in [0, 0.05) is 9.90 Å². The molecule has 0 bridgehead atoms. The normalized spacial score (nSPS) is 10.1. The first kappa shape index (κ1) is 12.7. The number of benzene rings is 1. The Morgan fingerprint density at radius 1 is 1.39 bits per heavy atom. The average Bonchev–Trinajstić information content (AvgIpc) is 2.83. The van der Waals surface area contributed by atoms with E-state index in [0.717, 1.165) is 4.88 Å². The van der Waals surface area contributed by atoms with Crippen LogP contribution in [0.3, 0.4) is 0 Å². The van der Waals surface area contributed by atoms with Gasteiger partial charge in [-0.25, -0.2) is 4.79 Å². The highest BCUT2D eigenvalue weighted by atomic mass is 35.5. The molecule has 0 radical (unpaired) electrons. The van der Waals surface area contributed by atoms with Crippen LogP contribution in [0, 0.1) is 0 Å². The maximum atomic E-state index is 11.6. The van der Waals surface area contributed by atoms with E-state index in [0.29, 0.717) is 22.9 Å². The maximum Gasteiger partial charge on any atom is 0.319 e. The molecule has 0 aliphatic rings. The van der Waals surface area contributed by atoms with Crippen LogP contribution in [-0.4, -0.2) is 6.03 Å². The predicted molar refractivity (Wildman–Crippen MR) is 76.0 cm³/mol. The van der Waals surface area contributed by atoms with Gasteiger partial charge in [-0.05, 0) is 29.6 Å². The van der Waals surface area contributed by atoms with E-state index >= 15 is 0 Å². The fourth-order valence-corrected chi connectivity index (χ4v) is 2.22. The minimum absolute atomic E-state index is 0.294. The number of amides is 2. The third-order valence-corrected chi connectivity index (χ3v) is 3.38. The second kappa shape index (κ2) is 5.75. The molecule has 1 heterocycles. The van der Waals surface area contributed by atoms with Crippen LogP contribution in [0.5, 0.6) is 0 Å². The third-order valence-electron chi connectivity index (χ3n) is 2.27. The monoisotopic (exact) mass is 281 g/mol. The van der Waals surface area contributed by atoms with E-state index in [9.17, 15) is 4.79 Å². The van der Waals surface area contributed by atoms with Crippen molar-refractivity contribution < 1.29 is 4.79 Å². The number of nitrogen functional groups attached to an aromatic ring is 1. The quantitative estimate of drug-likeness (QED) is 0.756. The van der Waals surface area contributed by atoms with E-state index in [1.807, 2.05) is 17.5 Å². The number of urea groups is 1. The van der Waals surface area contributed by atoms with E-state index < -0.39 is 0 Å². The molecule has 1 aromatic carbocycles. The molecule has 0 fully saturated rings. The topological polar surface area (TPSA) is 67.1 Å². The number of rotatable bonds is 3. The second-order valence-electron chi connectivity index (χ2n) is 3.62. The van der Waals surface area contributed by atoms with Gasteiger partial charge in [0.2, 0.25) is 0 Å². The minimum atomic E-state index is -0.294. The number of nitrogens with one attached hydrogen (secondary N) is 2. The van der Waals surface area contributed by atoms with Crippen molar-refractivity contribution in [3.8, 4) is 0 Å². The number of carbonyl (C=O) groups is 1. The predicted octanol–water partition coefficient (Wildman–Crippen LogP) is 3.31. The number of hydrogen-bond donors (Lipinski definition) is 3. The van der Waals surface area contributed by atoms with Crippen LogP contribution in [0.25, 0.3) is 0 Å². The van der Waals surface area contributed by atoms with E-state index in [2.05, 4.69) is 10.6 Å². The number of hydrogen-bond acceptors (Lipinski definition) is 3. The molecule has 0 atom stereocenters. The molecule has 0 aliphatic heterocycles. The first-order valence-electron chi connectivity index (χ1n) is 5.27. The first-order valence-corrected chi connectivity index (χ1v) is 6.53. The highest BCUT2D eigenvalue weighted by molar-refractivity contribution is 7.09. The number of thiophene rings is 1. The zero-order chi connectivity index (χ0) is 13.0. The zero-order valence-electron chi connectivity index (χ0n) is 9.44. The molecular formula is C12H12ClN3OS. The smallest absolute Gasteiger partial charge is 0.319 e. The molecule has 2 amide bonds. The lowest BCUT2D eigenvalue weighted by Crippen LogP contribution is -2.28. The molecule has 0 saturated heterocycles. The number of carbonyl (C=O) groups excluding carboxylic acids is 1. The molecular weight excluding hydrogens is 270 g/mol. The van der Waals surface area contributed by atoms with Crippen LogP contribution in [0.4, 0.5) is 16.2 Å². The number of anilines is 2. The van der Waals surface area contributed by atoms with Gasteiger partial charge in [-0.2, -0.15) is 0 Å². The fraction of sp³-hybridized carbons (Fsp3) is 0.0833. The molecule has 0 spiro atoms. The molecule has 1 aromatic heterocycles. The summed E-state index contributed by atoms with van der Waals surface area (Å²) in [4.78, 5) is 12.7. The van der Waals surface area contributed by atoms with Gasteiger partial charge in [-0.1, -0.05) is 17.7 Å². The molecule has 4 nitrogen and oxygen atoms in total. The Hall–Kier alpha value is -1.72. The van der Waals surface area contributed by atoms with E-state index in [1.54, 1.807) is 29.5 Å². The summed E-state index contributed by atoms with van der Waals surface area (Å²) in [6.07, 6.45) is 0. The van der Waals surface area contributed by atoms with Gasteiger partial charge in [0.05, 0.1) is 17.9 Å². The van der Waals surface area contributed by atoms with Crippen molar-refractivity contribution in [3.63, 3.8) is 0 Å². The molecule has 6 heteroatoms. The van der Waals surface area contributed by atoms with Crippen LogP contribution in [-0.2, 0) is 6.54 Å². The van der Waals surface area contributed by atoms with Crippen molar-refractivity contribution in [2.45, 2.75) is 6.54 Å². The average molecular weight is 282 g/mol. The van der Waals surface area contributed by atoms with Crippen LogP contribution >= 0.6 is 22.9 Å². The molecule has 94 valence electrons. The van der Waals surface area contributed by atoms with Crippen molar-refractivity contribution in [2.24, 2.45) is 0 Å². The highest BCUT2D eigenvalue weighted by Gasteiger charge is 2.05. The summed E-state index contributed by atoms with van der Waals surface area (Å²) >= 11 is 7.37. The molecule has 18 heavy (non-hydrogen) atoms. The Labute approximate surface area is 114 Å². The summed E-state index contributed by atoms with van der Waals surface area (Å²) in [5, 5.41) is 7.92. The van der Waals surface area contributed by atoms with Crippen molar-refractivity contribution in [1.82, 2.24) is 5.32 Å². The maximum absolute atomic E-state index is 11.6. The lowest BCUT2D eigenvalue weighted by atomic mass is 10.3. The van der Waals surface area contributed by atoms with Gasteiger partial charge in [0.25, 0.3) is 0 Å². The standard InChI is InChI=1S/C12H12ClN3OS/c13-8-3-4-11(10(14)6-8)16-12(17)15-7-9-2-1-5-18-9/h1-6H,7,14H2,(H2,15,16,17). The zero-order valence-corrected chi connectivity index (χ0v) is 11.0. The van der Waals surface area contributed by atoms with Crippen LogP contribution < -0.4 is 16.4 Å². The minimum Gasteiger partial charge on any atom is -0.397 e. The molecule has 4 N–H and O–H groups in total. The van der Waals surface area contributed by atoms with E-state index in [-0.39, 0.29) is 6.03 Å². The van der Waals surface area contributed by atoms with Crippen LogP contribution in [0.15, 0.2) is 35.7 Å². The van der Waals surface area contributed by atoms with Crippen molar-refractivity contribution in [2.75, 3.05) is 11.1 Å². The van der Waals surface area contributed by atoms with Crippen LogP contribution in [0.2, 0.25) is 5.02 Å². The molecule has 0 unspecified atom stereocenters. The number of halogens is 1. The second-order valence-corrected chi connectivity index (χ2v) is 5.09. The molecule has 2 rings (SSSR count). The van der Waals surface area contributed by atoms with Gasteiger partial charge < -0.3 is 16.4 Å². The third kappa shape index (κ3) is 3.38. The molecule has 0 aliphatic carbocycles. The summed E-state index contributed by atoms with van der Waals surface area (Å²) in [5.41, 5.74) is 6.72. The Balaban J connectivity index is 1.91. The first-order chi connectivity index (χ1) is 8.65. The van der Waals surface area contributed by atoms with Gasteiger partial charge in [0.1, 0.15) is 0 Å². The fourth-order valence-electron chi connectivity index (χ4n) is 1.39. The summed E-state index contributed by atoms with van der Waals surface area (Å²) < 4.78 is 0. The Morgan fingerprint density at radius 3 is 2.89 bits per heavy atom. The van der Waals surface area contributed by atoms with Crippen molar-refractivity contribution >= 4 is 40.3 Å². The van der Waals surface area contributed by atoms with E-state index in [4.69, 9.17) is 17.3 Å². The molecule has 0 saturated carbocycles. The summed E-state index contributed by atoms with van der Waals surface area (Å²) in [6, 6.07) is 8.54. The summed E-state index contributed by atoms with van der Waals surface area (Å²) in [6.45, 7) is 0.497. The molecule has 2 aromatic rings. The Kier molecular flexibility index (Phi) is 4.07. The van der Waals surface area contributed by atoms with Gasteiger partial charge >= 0.3 is 6.03 Å². The van der Waals surface area contributed by atoms with Gasteiger partial charge in [-0.3, -0.25) is 0 Å². The number of nitrogens with two attached hydrogens (primary N) is 1. The van der Waals surface area contributed by atoms with Gasteiger partial charge in [0.15, 0.2) is 0 Å². The SMILES string of the molecule is Nc1cc(Cl)ccc1NC(=O)NCc1cccs1. The van der Waals surface area contributed by atoms with Crippen molar-refractivity contribution in [1.29, 1.82) is 0 Å². The Morgan fingerprint density at radius 2 is 2.22 bits per heavy atom. The Bertz CT molecular complexity index is 542. The largest absolute Gasteiger partial charge is 0.397 e. The summed E-state index contributed by atoms with van der Waals surface area (Å²) in [5.74, 6) is 0. The van der Waals surface area contributed by atoms with Crippen molar-refractivity contribution in [3.05, 3.63) is 45.6 Å². The summed E-state index contributed by atoms with van der Waals surface area (Å²) in [7, 11) is 0. The van der Waals surface area contributed by atoms with Crippen LogP contribution in [0.1, 0.15) is 4.88 Å². The van der Waals surface area contributed by atoms with Gasteiger partial charge in [-0.15, -0.1) is 11.3 Å². The lowest BCUT2D eigenvalue weighted by molar-refractivity contribution is 0.252. The van der Waals surface area contributed by atoms with E-state index in [1.165, 1.54) is 0 Å².